The molecule has 170 valence electrons. The van der Waals surface area contributed by atoms with Crippen LogP contribution < -0.4 is 14.7 Å². The molecule has 3 fully saturated rings. The van der Waals surface area contributed by atoms with Crippen molar-refractivity contribution in [2.24, 2.45) is 5.92 Å². The fourth-order valence-electron chi connectivity index (χ4n) is 5.12. The molecule has 3 aliphatic heterocycles. The zero-order valence-corrected chi connectivity index (χ0v) is 18.8. The third kappa shape index (κ3) is 4.64. The molecule has 0 spiro atoms. The average molecular weight is 436 g/mol. The van der Waals surface area contributed by atoms with Crippen molar-refractivity contribution in [3.05, 3.63) is 36.8 Å². The minimum Gasteiger partial charge on any atom is -0.356 e. The van der Waals surface area contributed by atoms with Crippen LogP contribution in [-0.2, 0) is 4.79 Å². The van der Waals surface area contributed by atoms with E-state index in [0.717, 1.165) is 82.7 Å². The van der Waals surface area contributed by atoms with Crippen molar-refractivity contribution in [2.75, 3.05) is 67.1 Å². The fraction of sp³-hybridized carbons (Fsp3) is 0.583. The molecule has 2 aromatic rings. The molecular formula is C24H33N7O. The van der Waals surface area contributed by atoms with Gasteiger partial charge in [-0.3, -0.25) is 4.79 Å². The van der Waals surface area contributed by atoms with E-state index >= 15 is 0 Å². The maximum atomic E-state index is 13.1. The number of piperazine rings is 1. The van der Waals surface area contributed by atoms with E-state index in [1.165, 1.54) is 19.3 Å². The predicted molar refractivity (Wildman–Crippen MR) is 126 cm³/mol. The Morgan fingerprint density at radius 2 is 1.38 bits per heavy atom. The number of amides is 1. The fourth-order valence-corrected chi connectivity index (χ4v) is 5.12. The van der Waals surface area contributed by atoms with Crippen LogP contribution in [0.5, 0.6) is 0 Å². The second-order valence-corrected chi connectivity index (χ2v) is 9.04. The summed E-state index contributed by atoms with van der Waals surface area (Å²) in [4.78, 5) is 35.6. The van der Waals surface area contributed by atoms with Crippen molar-refractivity contribution in [3.8, 4) is 0 Å². The highest BCUT2D eigenvalue weighted by Gasteiger charge is 2.31. The summed E-state index contributed by atoms with van der Waals surface area (Å²) in [5.74, 6) is 3.48. The topological polar surface area (TPSA) is 68.7 Å². The van der Waals surface area contributed by atoms with E-state index in [2.05, 4.69) is 40.6 Å². The second kappa shape index (κ2) is 9.71. The van der Waals surface area contributed by atoms with Crippen molar-refractivity contribution >= 4 is 23.4 Å². The Bertz CT molecular complexity index is 886. The second-order valence-electron chi connectivity index (χ2n) is 9.04. The number of carbonyl (C=O) groups is 1. The highest BCUT2D eigenvalue weighted by molar-refractivity contribution is 5.79. The molecule has 2 aromatic heterocycles. The number of hydrogen-bond donors (Lipinski definition) is 0. The Labute approximate surface area is 190 Å². The van der Waals surface area contributed by atoms with Crippen LogP contribution in [0.1, 0.15) is 32.1 Å². The van der Waals surface area contributed by atoms with Crippen LogP contribution in [0.4, 0.5) is 17.5 Å². The minimum atomic E-state index is 0.121. The van der Waals surface area contributed by atoms with Gasteiger partial charge in [0.25, 0.3) is 0 Å². The van der Waals surface area contributed by atoms with Crippen molar-refractivity contribution in [2.45, 2.75) is 32.1 Å². The molecule has 3 saturated heterocycles. The Morgan fingerprint density at radius 1 is 0.719 bits per heavy atom. The Hall–Kier alpha value is -2.90. The first kappa shape index (κ1) is 21.0. The van der Waals surface area contributed by atoms with E-state index in [4.69, 9.17) is 0 Å². The molecule has 1 amide bonds. The van der Waals surface area contributed by atoms with Crippen LogP contribution in [-0.4, -0.2) is 78.1 Å². The van der Waals surface area contributed by atoms with E-state index in [-0.39, 0.29) is 5.92 Å². The summed E-state index contributed by atoms with van der Waals surface area (Å²) in [5.41, 5.74) is 0. The molecule has 0 aromatic carbocycles. The third-order valence-electron chi connectivity index (χ3n) is 7.05. The van der Waals surface area contributed by atoms with Gasteiger partial charge in [0.05, 0.1) is 0 Å². The molecule has 0 aliphatic carbocycles. The molecular weight excluding hydrogens is 402 g/mol. The molecule has 0 N–H and O–H groups in total. The molecule has 32 heavy (non-hydrogen) atoms. The highest BCUT2D eigenvalue weighted by Crippen LogP contribution is 2.27. The van der Waals surface area contributed by atoms with Crippen LogP contribution in [0.2, 0.25) is 0 Å². The maximum Gasteiger partial charge on any atom is 0.225 e. The summed E-state index contributed by atoms with van der Waals surface area (Å²) in [5, 5.41) is 0. The van der Waals surface area contributed by atoms with Gasteiger partial charge in [-0.2, -0.15) is 0 Å². The van der Waals surface area contributed by atoms with E-state index in [1.54, 1.807) is 6.33 Å². The summed E-state index contributed by atoms with van der Waals surface area (Å²) >= 11 is 0. The highest BCUT2D eigenvalue weighted by atomic mass is 16.2. The number of nitrogens with zero attached hydrogens (tertiary/aromatic N) is 7. The Kier molecular flexibility index (Phi) is 6.36. The number of anilines is 3. The molecule has 5 heterocycles. The standard InChI is InChI=1S/C24H33N7O/c32-24(31-16-14-30(15-17-31)21-6-2-3-9-25-21)20-7-12-29(13-8-20)23-18-22(26-19-27-23)28-10-4-1-5-11-28/h2-3,6,9,18-20H,1,4-5,7-8,10-17H2. The monoisotopic (exact) mass is 435 g/mol. The number of pyridine rings is 1. The minimum absolute atomic E-state index is 0.121. The number of carbonyl (C=O) groups excluding carboxylic acids is 1. The largest absolute Gasteiger partial charge is 0.356 e. The number of piperidine rings is 2. The van der Waals surface area contributed by atoms with Gasteiger partial charge in [0, 0.05) is 70.5 Å². The zero-order valence-electron chi connectivity index (χ0n) is 18.8. The van der Waals surface area contributed by atoms with Gasteiger partial charge < -0.3 is 19.6 Å². The van der Waals surface area contributed by atoms with E-state index in [9.17, 15) is 4.79 Å². The number of rotatable bonds is 4. The maximum absolute atomic E-state index is 13.1. The molecule has 5 rings (SSSR count). The molecule has 0 saturated carbocycles. The third-order valence-corrected chi connectivity index (χ3v) is 7.05. The smallest absolute Gasteiger partial charge is 0.225 e. The van der Waals surface area contributed by atoms with Crippen molar-refractivity contribution < 1.29 is 4.79 Å². The van der Waals surface area contributed by atoms with Gasteiger partial charge in [-0.05, 0) is 44.2 Å². The van der Waals surface area contributed by atoms with Gasteiger partial charge in [0.2, 0.25) is 5.91 Å². The van der Waals surface area contributed by atoms with Gasteiger partial charge in [-0.25, -0.2) is 15.0 Å². The molecule has 0 bridgehead atoms. The summed E-state index contributed by atoms with van der Waals surface area (Å²) < 4.78 is 0. The lowest BCUT2D eigenvalue weighted by atomic mass is 9.95. The summed E-state index contributed by atoms with van der Waals surface area (Å²) in [6.07, 6.45) is 9.09. The number of hydrogen-bond acceptors (Lipinski definition) is 7. The first-order valence-corrected chi connectivity index (χ1v) is 12.0. The van der Waals surface area contributed by atoms with Gasteiger partial charge in [0.15, 0.2) is 0 Å². The molecule has 0 unspecified atom stereocenters. The first-order chi connectivity index (χ1) is 15.8. The van der Waals surface area contributed by atoms with Crippen LogP contribution in [0.25, 0.3) is 0 Å². The van der Waals surface area contributed by atoms with Crippen molar-refractivity contribution in [3.63, 3.8) is 0 Å². The van der Waals surface area contributed by atoms with Crippen LogP contribution in [0.15, 0.2) is 36.8 Å². The van der Waals surface area contributed by atoms with Gasteiger partial charge in [-0.1, -0.05) is 6.07 Å². The van der Waals surface area contributed by atoms with Crippen molar-refractivity contribution in [1.29, 1.82) is 0 Å². The lowest BCUT2D eigenvalue weighted by Gasteiger charge is -2.39. The molecule has 8 nitrogen and oxygen atoms in total. The molecule has 0 atom stereocenters. The Morgan fingerprint density at radius 3 is 2.03 bits per heavy atom. The molecule has 8 heteroatoms. The van der Waals surface area contributed by atoms with Gasteiger partial charge >= 0.3 is 0 Å². The van der Waals surface area contributed by atoms with Crippen LogP contribution in [0.3, 0.4) is 0 Å². The average Bonchev–Trinajstić information content (AvgIpc) is 2.89. The molecule has 0 radical (unpaired) electrons. The van der Waals surface area contributed by atoms with E-state index < -0.39 is 0 Å². The number of aromatic nitrogens is 3. The summed E-state index contributed by atoms with van der Waals surface area (Å²) in [7, 11) is 0. The van der Waals surface area contributed by atoms with Crippen LogP contribution in [0, 0.1) is 5.92 Å². The lowest BCUT2D eigenvalue weighted by Crippen LogP contribution is -2.52. The van der Waals surface area contributed by atoms with Crippen LogP contribution >= 0.6 is 0 Å². The normalized spacial score (nSPS) is 20.5. The summed E-state index contributed by atoms with van der Waals surface area (Å²) in [6.45, 7) is 7.17. The SMILES string of the molecule is O=C(C1CCN(c2cc(N3CCCCC3)ncn2)CC1)N1CCN(c2ccccn2)CC1. The Balaban J connectivity index is 1.13. The van der Waals surface area contributed by atoms with Gasteiger partial charge in [-0.15, -0.1) is 0 Å². The lowest BCUT2D eigenvalue weighted by molar-refractivity contribution is -0.136. The van der Waals surface area contributed by atoms with Gasteiger partial charge in [0.1, 0.15) is 23.8 Å². The van der Waals surface area contributed by atoms with E-state index in [0.29, 0.717) is 5.91 Å². The van der Waals surface area contributed by atoms with E-state index in [1.807, 2.05) is 24.4 Å². The summed E-state index contributed by atoms with van der Waals surface area (Å²) in [6, 6.07) is 8.12. The first-order valence-electron chi connectivity index (χ1n) is 12.0. The molecule has 3 aliphatic rings. The van der Waals surface area contributed by atoms with Crippen molar-refractivity contribution in [1.82, 2.24) is 19.9 Å². The quantitative estimate of drug-likeness (QED) is 0.731. The zero-order chi connectivity index (χ0) is 21.8. The predicted octanol–water partition coefficient (Wildman–Crippen LogP) is 2.43.